The number of aliphatic imine (C=N–C) groups is 1. The van der Waals surface area contributed by atoms with Crippen LogP contribution in [0.5, 0.6) is 0 Å². The van der Waals surface area contributed by atoms with E-state index < -0.39 is 0 Å². The van der Waals surface area contributed by atoms with Crippen molar-refractivity contribution < 1.29 is 0 Å². The maximum atomic E-state index is 4.29. The van der Waals surface area contributed by atoms with E-state index in [0.29, 0.717) is 6.67 Å². The van der Waals surface area contributed by atoms with Crippen LogP contribution in [0, 0.1) is 10.8 Å². The second kappa shape index (κ2) is 3.41. The molecule has 0 saturated heterocycles. The van der Waals surface area contributed by atoms with Crippen LogP contribution in [0.3, 0.4) is 0 Å². The Morgan fingerprint density at radius 3 is 2.00 bits per heavy atom. The third-order valence-corrected chi connectivity index (χ3v) is 2.39. The van der Waals surface area contributed by atoms with Crippen molar-refractivity contribution in [1.29, 1.82) is 0 Å². The first-order valence-corrected chi connectivity index (χ1v) is 5.22. The molecule has 1 rings (SSSR count). The molecule has 0 saturated carbocycles. The van der Waals surface area contributed by atoms with Crippen LogP contribution in [-0.2, 0) is 0 Å². The molecule has 1 aliphatic rings. The fourth-order valence-corrected chi connectivity index (χ4v) is 1.66. The molecule has 0 aromatic heterocycles. The minimum absolute atomic E-state index is 0.166. The lowest BCUT2D eigenvalue weighted by Gasteiger charge is -2.33. The quantitative estimate of drug-likeness (QED) is 0.630. The average Bonchev–Trinajstić information content (AvgIpc) is 2.01. The van der Waals surface area contributed by atoms with Gasteiger partial charge in [-0.15, -0.1) is 0 Å². The van der Waals surface area contributed by atoms with Gasteiger partial charge >= 0.3 is 0 Å². The zero-order valence-electron chi connectivity index (χ0n) is 10.2. The summed E-state index contributed by atoms with van der Waals surface area (Å²) >= 11 is 0. The molecular weight excluding hydrogens is 172 g/mol. The summed E-state index contributed by atoms with van der Waals surface area (Å²) in [6, 6.07) is 0. The topological polar surface area (TPSA) is 24.4 Å². The van der Waals surface area contributed by atoms with Gasteiger partial charge in [0.2, 0.25) is 0 Å². The van der Waals surface area contributed by atoms with Crippen LogP contribution >= 0.6 is 0 Å². The first-order chi connectivity index (χ1) is 6.23. The monoisotopic (exact) mass is 194 g/mol. The molecule has 0 unspecified atom stereocenters. The number of hydrogen-bond acceptors (Lipinski definition) is 2. The molecule has 0 aromatic carbocycles. The zero-order valence-corrected chi connectivity index (χ0v) is 10.2. The lowest BCUT2D eigenvalue weighted by atomic mass is 9.78. The average molecular weight is 194 g/mol. The van der Waals surface area contributed by atoms with E-state index in [-0.39, 0.29) is 10.8 Å². The van der Waals surface area contributed by atoms with Crippen LogP contribution in [-0.4, -0.2) is 12.9 Å². The van der Waals surface area contributed by atoms with E-state index in [2.05, 4.69) is 51.9 Å². The third kappa shape index (κ3) is 2.37. The van der Waals surface area contributed by atoms with Gasteiger partial charge < -0.3 is 5.32 Å². The highest BCUT2D eigenvalue weighted by molar-refractivity contribution is 5.82. The molecule has 0 atom stereocenters. The Labute approximate surface area is 87.5 Å². The van der Waals surface area contributed by atoms with Crippen molar-refractivity contribution >= 4 is 6.21 Å². The van der Waals surface area contributed by atoms with Crippen molar-refractivity contribution in [3.05, 3.63) is 11.3 Å². The van der Waals surface area contributed by atoms with E-state index >= 15 is 0 Å². The Hall–Kier alpha value is -0.790. The summed E-state index contributed by atoms with van der Waals surface area (Å²) in [5.74, 6) is 0. The summed E-state index contributed by atoms with van der Waals surface area (Å²) in [5, 5.41) is 3.40. The molecule has 0 amide bonds. The lowest BCUT2D eigenvalue weighted by Crippen LogP contribution is -2.33. The van der Waals surface area contributed by atoms with Gasteiger partial charge in [0.25, 0.3) is 0 Å². The maximum Gasteiger partial charge on any atom is 0.107 e. The Balaban J connectivity index is 3.18. The number of allylic oxidation sites excluding steroid dienone is 2. The Morgan fingerprint density at radius 2 is 1.64 bits per heavy atom. The van der Waals surface area contributed by atoms with Crippen LogP contribution in [0.2, 0.25) is 0 Å². The SMILES string of the molecule is CC(C)(C)C1=C(C(C)(C)C)NCN=C1. The molecule has 0 radical (unpaired) electrons. The van der Waals surface area contributed by atoms with E-state index in [4.69, 9.17) is 0 Å². The molecule has 1 heterocycles. The van der Waals surface area contributed by atoms with E-state index in [1.165, 1.54) is 11.3 Å². The van der Waals surface area contributed by atoms with Crippen LogP contribution in [0.15, 0.2) is 16.3 Å². The minimum Gasteiger partial charge on any atom is -0.369 e. The van der Waals surface area contributed by atoms with E-state index in [1.54, 1.807) is 0 Å². The lowest BCUT2D eigenvalue weighted by molar-refractivity contribution is 0.423. The van der Waals surface area contributed by atoms with Gasteiger partial charge in [-0.25, -0.2) is 0 Å². The Bertz CT molecular complexity index is 272. The molecule has 80 valence electrons. The number of nitrogens with one attached hydrogen (secondary N) is 1. The van der Waals surface area contributed by atoms with Gasteiger partial charge in [0.05, 0.1) is 0 Å². The highest BCUT2D eigenvalue weighted by atomic mass is 15.0. The number of hydrogen-bond donors (Lipinski definition) is 1. The van der Waals surface area contributed by atoms with Crippen molar-refractivity contribution in [2.24, 2.45) is 15.8 Å². The molecule has 1 N–H and O–H groups in total. The highest BCUT2D eigenvalue weighted by Gasteiger charge is 2.28. The molecule has 0 aliphatic carbocycles. The van der Waals surface area contributed by atoms with E-state index in [9.17, 15) is 0 Å². The molecule has 2 nitrogen and oxygen atoms in total. The van der Waals surface area contributed by atoms with Crippen LogP contribution < -0.4 is 5.32 Å². The standard InChI is InChI=1S/C12H22N2/c1-11(2,3)9-7-13-8-14-10(9)12(4,5)6/h7,14H,8H2,1-6H3. The highest BCUT2D eigenvalue weighted by Crippen LogP contribution is 2.34. The summed E-state index contributed by atoms with van der Waals surface area (Å²) < 4.78 is 0. The molecule has 0 spiro atoms. The summed E-state index contributed by atoms with van der Waals surface area (Å²) in [6.07, 6.45) is 2.02. The summed E-state index contributed by atoms with van der Waals surface area (Å²) in [7, 11) is 0. The molecule has 2 heteroatoms. The molecule has 0 bridgehead atoms. The largest absolute Gasteiger partial charge is 0.369 e. The Morgan fingerprint density at radius 1 is 1.07 bits per heavy atom. The molecule has 14 heavy (non-hydrogen) atoms. The Kier molecular flexibility index (Phi) is 2.75. The van der Waals surface area contributed by atoms with E-state index in [1.807, 2.05) is 6.21 Å². The zero-order chi connectivity index (χ0) is 11.0. The smallest absolute Gasteiger partial charge is 0.107 e. The van der Waals surface area contributed by atoms with Crippen molar-refractivity contribution in [2.45, 2.75) is 41.5 Å². The van der Waals surface area contributed by atoms with Crippen molar-refractivity contribution in [3.63, 3.8) is 0 Å². The maximum absolute atomic E-state index is 4.29. The van der Waals surface area contributed by atoms with Crippen molar-refractivity contribution in [1.82, 2.24) is 5.32 Å². The van der Waals surface area contributed by atoms with Gasteiger partial charge in [-0.1, -0.05) is 41.5 Å². The van der Waals surface area contributed by atoms with Crippen LogP contribution in [0.4, 0.5) is 0 Å². The van der Waals surface area contributed by atoms with Gasteiger partial charge in [0.1, 0.15) is 6.67 Å². The van der Waals surface area contributed by atoms with Gasteiger partial charge in [-0.3, -0.25) is 4.99 Å². The predicted octanol–water partition coefficient (Wildman–Crippen LogP) is 2.96. The van der Waals surface area contributed by atoms with Crippen molar-refractivity contribution in [2.75, 3.05) is 6.67 Å². The second-order valence-electron chi connectivity index (χ2n) is 5.94. The molecular formula is C12H22N2. The fourth-order valence-electron chi connectivity index (χ4n) is 1.66. The van der Waals surface area contributed by atoms with E-state index in [0.717, 1.165) is 0 Å². The number of rotatable bonds is 0. The normalized spacial score (nSPS) is 18.4. The molecule has 1 aliphatic heterocycles. The molecule has 0 fully saturated rings. The summed E-state index contributed by atoms with van der Waals surface area (Å²) in [4.78, 5) is 4.29. The predicted molar refractivity (Wildman–Crippen MR) is 62.4 cm³/mol. The van der Waals surface area contributed by atoms with Gasteiger partial charge in [0.15, 0.2) is 0 Å². The minimum atomic E-state index is 0.166. The van der Waals surface area contributed by atoms with Gasteiger partial charge in [-0.05, 0) is 11.0 Å². The third-order valence-electron chi connectivity index (χ3n) is 2.39. The van der Waals surface area contributed by atoms with Crippen molar-refractivity contribution in [3.8, 4) is 0 Å². The van der Waals surface area contributed by atoms with Gasteiger partial charge in [0, 0.05) is 17.3 Å². The summed E-state index contributed by atoms with van der Waals surface area (Å²) in [6.45, 7) is 14.1. The number of nitrogens with zero attached hydrogens (tertiary/aromatic N) is 1. The molecule has 0 aromatic rings. The van der Waals surface area contributed by atoms with Gasteiger partial charge in [-0.2, -0.15) is 0 Å². The summed E-state index contributed by atoms with van der Waals surface area (Å²) in [5.41, 5.74) is 3.01. The second-order valence-corrected chi connectivity index (χ2v) is 5.94. The van der Waals surface area contributed by atoms with Crippen LogP contribution in [0.1, 0.15) is 41.5 Å². The fraction of sp³-hybridized carbons (Fsp3) is 0.750. The van der Waals surface area contributed by atoms with Crippen LogP contribution in [0.25, 0.3) is 0 Å². The first-order valence-electron chi connectivity index (χ1n) is 5.22. The first kappa shape index (κ1) is 11.3.